The summed E-state index contributed by atoms with van der Waals surface area (Å²) in [5.74, 6) is -0.275. The minimum absolute atomic E-state index is 0.0628. The molecule has 0 saturated heterocycles. The highest BCUT2D eigenvalue weighted by atomic mass is 79.9. The minimum Gasteiger partial charge on any atom is -0.394 e. The van der Waals surface area contributed by atoms with E-state index in [1.165, 1.54) is 0 Å². The van der Waals surface area contributed by atoms with Gasteiger partial charge in [-0.15, -0.1) is 0 Å². The Morgan fingerprint density at radius 1 is 1.73 bits per heavy atom. The van der Waals surface area contributed by atoms with Gasteiger partial charge in [-0.1, -0.05) is 6.92 Å². The molecule has 0 aliphatic rings. The molecular formula is C10H13BrN2O2. The maximum Gasteiger partial charge on any atom is 0.271 e. The highest BCUT2D eigenvalue weighted by Crippen LogP contribution is 2.13. The van der Waals surface area contributed by atoms with Gasteiger partial charge in [-0.2, -0.15) is 0 Å². The molecule has 1 aromatic heterocycles. The van der Waals surface area contributed by atoms with Crippen LogP contribution in [0, 0.1) is 0 Å². The monoisotopic (exact) mass is 272 g/mol. The maximum absolute atomic E-state index is 11.7. The summed E-state index contributed by atoms with van der Waals surface area (Å²) in [7, 11) is 0. The van der Waals surface area contributed by atoms with Crippen molar-refractivity contribution in [3.8, 4) is 0 Å². The molecule has 1 heterocycles. The molecule has 1 aromatic rings. The molecule has 0 aromatic carbocycles. The molecule has 0 aliphatic carbocycles. The highest BCUT2D eigenvalue weighted by Gasteiger charge is 2.14. The molecule has 1 rings (SSSR count). The minimum atomic E-state index is -0.275. The van der Waals surface area contributed by atoms with Gasteiger partial charge in [-0.25, -0.2) is 4.98 Å². The lowest BCUT2D eigenvalue weighted by atomic mass is 10.2. The van der Waals surface area contributed by atoms with Crippen molar-refractivity contribution in [2.24, 2.45) is 0 Å². The van der Waals surface area contributed by atoms with Crippen molar-refractivity contribution >= 4 is 21.8 Å². The second kappa shape index (κ2) is 5.82. The third-order valence-electron chi connectivity index (χ3n) is 2.02. The number of aliphatic hydroxyl groups is 1. The van der Waals surface area contributed by atoms with Gasteiger partial charge in [-0.05, 0) is 34.5 Å². The molecule has 0 radical (unpaired) electrons. The molecule has 0 unspecified atom stereocenters. The summed E-state index contributed by atoms with van der Waals surface area (Å²) in [6.07, 6.45) is 2.24. The normalized spacial score (nSPS) is 12.2. The number of amides is 1. The summed E-state index contributed by atoms with van der Waals surface area (Å²) in [4.78, 5) is 15.6. The fourth-order valence-electron chi connectivity index (χ4n) is 1.08. The quantitative estimate of drug-likeness (QED) is 0.870. The van der Waals surface area contributed by atoms with Crippen LogP contribution in [0.15, 0.2) is 22.8 Å². The van der Waals surface area contributed by atoms with Crippen LogP contribution in [0.3, 0.4) is 0 Å². The zero-order chi connectivity index (χ0) is 11.3. The van der Waals surface area contributed by atoms with Gasteiger partial charge in [0.1, 0.15) is 5.69 Å². The lowest BCUT2D eigenvalue weighted by Crippen LogP contribution is -2.37. The number of halogens is 1. The Morgan fingerprint density at radius 3 is 3.00 bits per heavy atom. The van der Waals surface area contributed by atoms with Gasteiger partial charge < -0.3 is 10.4 Å². The molecule has 1 atom stereocenters. The van der Waals surface area contributed by atoms with E-state index in [0.717, 1.165) is 0 Å². The van der Waals surface area contributed by atoms with E-state index in [2.05, 4.69) is 26.2 Å². The van der Waals surface area contributed by atoms with E-state index in [4.69, 9.17) is 5.11 Å². The molecule has 0 spiro atoms. The van der Waals surface area contributed by atoms with Crippen LogP contribution in [-0.2, 0) is 0 Å². The average molecular weight is 273 g/mol. The van der Waals surface area contributed by atoms with E-state index >= 15 is 0 Å². The number of carbonyl (C=O) groups excluding carboxylic acids is 1. The first-order valence-electron chi connectivity index (χ1n) is 4.71. The summed E-state index contributed by atoms with van der Waals surface area (Å²) in [6, 6.07) is 3.28. The summed E-state index contributed by atoms with van der Waals surface area (Å²) in [6.45, 7) is 1.83. The number of hydrogen-bond donors (Lipinski definition) is 2. The summed E-state index contributed by atoms with van der Waals surface area (Å²) in [5, 5.41) is 11.6. The number of nitrogens with one attached hydrogen (secondary N) is 1. The summed E-state index contributed by atoms with van der Waals surface area (Å²) >= 11 is 3.24. The van der Waals surface area contributed by atoms with E-state index < -0.39 is 0 Å². The molecule has 15 heavy (non-hydrogen) atoms. The summed E-state index contributed by atoms with van der Waals surface area (Å²) < 4.78 is 0.648. The highest BCUT2D eigenvalue weighted by molar-refractivity contribution is 9.10. The average Bonchev–Trinajstić information content (AvgIpc) is 2.26. The van der Waals surface area contributed by atoms with Gasteiger partial charge >= 0.3 is 0 Å². The first kappa shape index (κ1) is 12.1. The molecule has 4 nitrogen and oxygen atoms in total. The number of aromatic nitrogens is 1. The number of rotatable bonds is 4. The van der Waals surface area contributed by atoms with E-state index in [1.54, 1.807) is 18.3 Å². The Morgan fingerprint density at radius 2 is 2.47 bits per heavy atom. The second-order valence-corrected chi connectivity index (χ2v) is 3.95. The Balaban J connectivity index is 2.73. The standard InChI is InChI=1S/C10H13BrN2O2/c1-2-7(6-14)13-10(15)9-8(11)4-3-5-12-9/h3-5,7,14H,2,6H2,1H3,(H,13,15)/t7-/m1/s1. The van der Waals surface area contributed by atoms with Crippen LogP contribution in [0.2, 0.25) is 0 Å². The van der Waals surface area contributed by atoms with Gasteiger partial charge in [0.25, 0.3) is 5.91 Å². The molecular weight excluding hydrogens is 260 g/mol. The number of nitrogens with zero attached hydrogens (tertiary/aromatic N) is 1. The van der Waals surface area contributed by atoms with Gasteiger partial charge in [0.15, 0.2) is 0 Å². The predicted octanol–water partition coefficient (Wildman–Crippen LogP) is 1.34. The van der Waals surface area contributed by atoms with E-state index in [-0.39, 0.29) is 18.6 Å². The van der Waals surface area contributed by atoms with E-state index in [0.29, 0.717) is 16.6 Å². The number of carbonyl (C=O) groups is 1. The smallest absolute Gasteiger partial charge is 0.271 e. The van der Waals surface area contributed by atoms with Crippen molar-refractivity contribution in [3.05, 3.63) is 28.5 Å². The number of hydrogen-bond acceptors (Lipinski definition) is 3. The molecule has 0 fully saturated rings. The zero-order valence-electron chi connectivity index (χ0n) is 8.40. The largest absolute Gasteiger partial charge is 0.394 e. The first-order valence-corrected chi connectivity index (χ1v) is 5.50. The van der Waals surface area contributed by atoms with Crippen LogP contribution in [0.1, 0.15) is 23.8 Å². The van der Waals surface area contributed by atoms with E-state index in [1.807, 2.05) is 6.92 Å². The predicted molar refractivity (Wildman–Crippen MR) is 60.6 cm³/mol. The SMILES string of the molecule is CC[C@H](CO)NC(=O)c1ncccc1Br. The van der Waals surface area contributed by atoms with Crippen LogP contribution in [0.5, 0.6) is 0 Å². The van der Waals surface area contributed by atoms with Gasteiger partial charge in [0, 0.05) is 10.7 Å². The number of aliphatic hydroxyl groups excluding tert-OH is 1. The molecule has 82 valence electrons. The van der Waals surface area contributed by atoms with Crippen molar-refractivity contribution in [3.63, 3.8) is 0 Å². The van der Waals surface area contributed by atoms with E-state index in [9.17, 15) is 4.79 Å². The van der Waals surface area contributed by atoms with Crippen molar-refractivity contribution < 1.29 is 9.90 Å². The van der Waals surface area contributed by atoms with Crippen molar-refractivity contribution in [2.75, 3.05) is 6.61 Å². The Hall–Kier alpha value is -0.940. The van der Waals surface area contributed by atoms with Crippen LogP contribution in [0.4, 0.5) is 0 Å². The molecule has 0 aliphatic heterocycles. The van der Waals surface area contributed by atoms with Gasteiger partial charge in [0.05, 0.1) is 12.6 Å². The van der Waals surface area contributed by atoms with Crippen molar-refractivity contribution in [1.82, 2.24) is 10.3 Å². The van der Waals surface area contributed by atoms with Crippen LogP contribution in [-0.4, -0.2) is 28.6 Å². The molecule has 5 heteroatoms. The Labute approximate surface area is 96.8 Å². The molecule has 0 bridgehead atoms. The third-order valence-corrected chi connectivity index (χ3v) is 2.66. The number of pyridine rings is 1. The van der Waals surface area contributed by atoms with Gasteiger partial charge in [-0.3, -0.25) is 4.79 Å². The Bertz CT molecular complexity index is 340. The van der Waals surface area contributed by atoms with Crippen LogP contribution < -0.4 is 5.32 Å². The molecule has 0 saturated carbocycles. The van der Waals surface area contributed by atoms with Crippen LogP contribution in [0.25, 0.3) is 0 Å². The third kappa shape index (κ3) is 3.28. The van der Waals surface area contributed by atoms with Crippen LogP contribution >= 0.6 is 15.9 Å². The lowest BCUT2D eigenvalue weighted by Gasteiger charge is -2.13. The maximum atomic E-state index is 11.7. The van der Waals surface area contributed by atoms with Crippen molar-refractivity contribution in [2.45, 2.75) is 19.4 Å². The topological polar surface area (TPSA) is 62.2 Å². The summed E-state index contributed by atoms with van der Waals surface area (Å²) in [5.41, 5.74) is 0.337. The molecule has 1 amide bonds. The Kier molecular flexibility index (Phi) is 4.71. The molecule has 2 N–H and O–H groups in total. The second-order valence-electron chi connectivity index (χ2n) is 3.10. The van der Waals surface area contributed by atoms with Gasteiger partial charge in [0.2, 0.25) is 0 Å². The lowest BCUT2D eigenvalue weighted by molar-refractivity contribution is 0.0909. The van der Waals surface area contributed by atoms with Crippen molar-refractivity contribution in [1.29, 1.82) is 0 Å². The fraction of sp³-hybridized carbons (Fsp3) is 0.400. The zero-order valence-corrected chi connectivity index (χ0v) is 9.99. The first-order chi connectivity index (χ1) is 7.19. The fourth-order valence-corrected chi connectivity index (χ4v) is 1.52.